The number of cyclic esters (lactones) is 1. The molecule has 18 atom stereocenters. The molecular weight excluding hydrogens is 646 g/mol. The number of likely N-dealkylation sites (N-methyl/N-ethyl adjacent to an activating group) is 1. The molecule has 3 saturated heterocycles. The Kier molecular flexibility index (Phi) is 14.0. The van der Waals surface area contributed by atoms with E-state index >= 15 is 0 Å². The third-order valence-electron chi connectivity index (χ3n) is 12.4. The number of esters is 1. The van der Waals surface area contributed by atoms with Crippen LogP contribution in [0.4, 0.5) is 0 Å². The van der Waals surface area contributed by atoms with Crippen molar-refractivity contribution in [1.82, 2.24) is 4.90 Å². The van der Waals surface area contributed by atoms with Crippen LogP contribution in [0.5, 0.6) is 0 Å². The average molecular weight is 714 g/mol. The maximum Gasteiger partial charge on any atom is 0.311 e. The fraction of sp³-hybridized carbons (Fsp3) is 0.947. The van der Waals surface area contributed by atoms with Crippen LogP contribution >= 0.6 is 0 Å². The molecule has 3 N–H and O–H groups in total. The molecule has 0 bridgehead atoms. The summed E-state index contributed by atoms with van der Waals surface area (Å²) in [6, 6.07) is -0.201. The number of Topliss-reactive ketones (excluding diaryl/α,β-unsaturated/α-hetero) is 1. The van der Waals surface area contributed by atoms with Crippen LogP contribution in [0.25, 0.3) is 0 Å². The zero-order valence-electron chi connectivity index (χ0n) is 32.5. The van der Waals surface area contributed by atoms with Crippen molar-refractivity contribution in [2.75, 3.05) is 21.2 Å². The molecule has 290 valence electrons. The quantitative estimate of drug-likeness (QED) is 0.331. The fourth-order valence-corrected chi connectivity index (χ4v) is 8.75. The first-order valence-corrected chi connectivity index (χ1v) is 18.9. The van der Waals surface area contributed by atoms with E-state index in [1.54, 1.807) is 27.9 Å². The van der Waals surface area contributed by atoms with Gasteiger partial charge in [0.1, 0.15) is 24.1 Å². The molecule has 1 aliphatic carbocycles. The second kappa shape index (κ2) is 16.8. The van der Waals surface area contributed by atoms with Crippen molar-refractivity contribution in [3.63, 3.8) is 0 Å². The van der Waals surface area contributed by atoms with Gasteiger partial charge in [0.15, 0.2) is 12.6 Å². The highest BCUT2D eigenvalue weighted by Crippen LogP contribution is 2.42. The Morgan fingerprint density at radius 1 is 0.820 bits per heavy atom. The molecule has 3 aliphatic heterocycles. The Morgan fingerprint density at radius 2 is 1.46 bits per heavy atom. The van der Waals surface area contributed by atoms with E-state index in [0.29, 0.717) is 12.8 Å². The summed E-state index contributed by atoms with van der Waals surface area (Å²) in [7, 11) is 5.38. The van der Waals surface area contributed by atoms with E-state index < -0.39 is 96.5 Å². The predicted octanol–water partition coefficient (Wildman–Crippen LogP) is 3.56. The van der Waals surface area contributed by atoms with Gasteiger partial charge >= 0.3 is 5.97 Å². The first kappa shape index (κ1) is 41.5. The summed E-state index contributed by atoms with van der Waals surface area (Å²) in [6.07, 6.45) is -4.35. The Hall–Kier alpha value is -1.22. The van der Waals surface area contributed by atoms with Crippen molar-refractivity contribution < 1.29 is 53.3 Å². The monoisotopic (exact) mass is 713 g/mol. The molecule has 4 aliphatic rings. The summed E-state index contributed by atoms with van der Waals surface area (Å²) >= 11 is 0. The molecule has 1 saturated carbocycles. The van der Waals surface area contributed by atoms with Crippen LogP contribution in [0.15, 0.2) is 0 Å². The van der Waals surface area contributed by atoms with E-state index in [4.69, 9.17) is 28.4 Å². The molecule has 0 spiro atoms. The summed E-state index contributed by atoms with van der Waals surface area (Å²) in [6.45, 7) is 16.8. The lowest BCUT2D eigenvalue weighted by Crippen LogP contribution is -2.58. The number of rotatable bonds is 7. The number of methoxy groups -OCH3 is 1. The lowest BCUT2D eigenvalue weighted by Gasteiger charge is -2.47. The van der Waals surface area contributed by atoms with Gasteiger partial charge in [0, 0.05) is 43.2 Å². The first-order chi connectivity index (χ1) is 23.3. The highest BCUT2D eigenvalue weighted by atomic mass is 16.7. The fourth-order valence-electron chi connectivity index (χ4n) is 8.75. The SMILES string of the molecule is CO[C@]1(C)C[C@H](O[C@H]2[C@H](C)[C@@H](O[C@@H]3O[C@H](C)C[C@H](N(C)C)[C@H]3O)[C@@H](C)C[C@@H](C)C(=O)[C@H](C)[C@@H](O)[C@@H](C)[C@@H](C3CC3)OC(=O)[C@@H]2C)O[C@@H](C)[C@@H]1O. The average Bonchev–Trinajstić information content (AvgIpc) is 3.91. The van der Waals surface area contributed by atoms with Crippen molar-refractivity contribution in [1.29, 1.82) is 0 Å². The minimum atomic E-state index is -0.986. The molecule has 0 aromatic carbocycles. The predicted molar refractivity (Wildman–Crippen MR) is 186 cm³/mol. The van der Waals surface area contributed by atoms with Gasteiger partial charge in [-0.15, -0.1) is 0 Å². The molecular formula is C38H67NO11. The highest BCUT2D eigenvalue weighted by molar-refractivity contribution is 5.83. The van der Waals surface area contributed by atoms with Gasteiger partial charge in [-0.2, -0.15) is 0 Å². The number of ketones is 1. The van der Waals surface area contributed by atoms with Gasteiger partial charge in [-0.05, 0) is 79.3 Å². The van der Waals surface area contributed by atoms with Gasteiger partial charge in [-0.1, -0.05) is 34.6 Å². The van der Waals surface area contributed by atoms with Gasteiger partial charge in [0.2, 0.25) is 0 Å². The van der Waals surface area contributed by atoms with Gasteiger partial charge in [0.05, 0.1) is 42.0 Å². The summed E-state index contributed by atoms with van der Waals surface area (Å²) in [5.74, 6) is -3.45. The number of aliphatic hydroxyl groups is 3. The Morgan fingerprint density at radius 3 is 2.04 bits per heavy atom. The number of aliphatic hydroxyl groups excluding tert-OH is 3. The summed E-state index contributed by atoms with van der Waals surface area (Å²) in [4.78, 5) is 30.0. The van der Waals surface area contributed by atoms with Gasteiger partial charge in [-0.25, -0.2) is 0 Å². The number of carbonyl (C=O) groups excluding carboxylic acids is 2. The minimum Gasteiger partial charge on any atom is -0.461 e. The largest absolute Gasteiger partial charge is 0.461 e. The van der Waals surface area contributed by atoms with E-state index in [-0.39, 0.29) is 36.2 Å². The molecule has 0 amide bonds. The molecule has 4 fully saturated rings. The Balaban J connectivity index is 1.76. The molecule has 0 aromatic rings. The smallest absolute Gasteiger partial charge is 0.311 e. The molecule has 3 heterocycles. The van der Waals surface area contributed by atoms with Crippen LogP contribution in [-0.2, 0) is 38.0 Å². The lowest BCUT2D eigenvalue weighted by atomic mass is 9.76. The van der Waals surface area contributed by atoms with Crippen LogP contribution in [0.1, 0.15) is 94.4 Å². The molecule has 50 heavy (non-hydrogen) atoms. The maximum absolute atomic E-state index is 14.2. The second-order valence-corrected chi connectivity index (χ2v) is 16.8. The van der Waals surface area contributed by atoms with Crippen molar-refractivity contribution in [2.45, 2.75) is 167 Å². The van der Waals surface area contributed by atoms with Crippen molar-refractivity contribution >= 4 is 11.8 Å². The van der Waals surface area contributed by atoms with E-state index in [2.05, 4.69) is 0 Å². The standard InChI is InChI=1S/C38H67NO11/c1-18-15-19(2)32(50-37-31(42)27(39(10)11)16-20(3)46-37)23(6)33(48-28-17-38(9,45-12)35(43)25(8)47-28)24(7)36(44)49-34(26-13-14-26)22(5)30(41)21(4)29(18)40/h18-28,30-35,37,41-43H,13-17H2,1-12H3/t18-,19+,20-,21+,22-,23-,24-,25+,27+,28+,30-,31-,32+,33+,34+,35+,37+,38-/m1/s1. The van der Waals surface area contributed by atoms with Gasteiger partial charge in [0.25, 0.3) is 0 Å². The van der Waals surface area contributed by atoms with Crippen molar-refractivity contribution in [3.8, 4) is 0 Å². The molecule has 12 heteroatoms. The maximum atomic E-state index is 14.2. The molecule has 12 nitrogen and oxygen atoms in total. The molecule has 0 radical (unpaired) electrons. The van der Waals surface area contributed by atoms with Gasteiger partial charge in [-0.3, -0.25) is 9.59 Å². The number of hydrogen-bond acceptors (Lipinski definition) is 12. The van der Waals surface area contributed by atoms with Gasteiger partial charge < -0.3 is 48.6 Å². The third-order valence-corrected chi connectivity index (χ3v) is 12.4. The number of ether oxygens (including phenoxy) is 6. The summed E-state index contributed by atoms with van der Waals surface area (Å²) in [5, 5.41) is 33.9. The summed E-state index contributed by atoms with van der Waals surface area (Å²) in [5.41, 5.74) is -0.952. The van der Waals surface area contributed by atoms with Crippen LogP contribution in [0, 0.1) is 41.4 Å². The number of carbonyl (C=O) groups is 2. The Labute approximate surface area is 299 Å². The highest BCUT2D eigenvalue weighted by Gasteiger charge is 2.50. The van der Waals surface area contributed by atoms with Crippen molar-refractivity contribution in [3.05, 3.63) is 0 Å². The zero-order chi connectivity index (χ0) is 37.4. The van der Waals surface area contributed by atoms with Crippen LogP contribution in [-0.4, -0.2) is 126 Å². The van der Waals surface area contributed by atoms with Crippen molar-refractivity contribution in [2.24, 2.45) is 41.4 Å². The molecule has 0 aromatic heterocycles. The minimum absolute atomic E-state index is 0.0565. The molecule has 4 rings (SSSR count). The molecule has 0 unspecified atom stereocenters. The number of nitrogens with zero attached hydrogens (tertiary/aromatic N) is 1. The van der Waals surface area contributed by atoms with E-state index in [0.717, 1.165) is 12.8 Å². The van der Waals surface area contributed by atoms with E-state index in [9.17, 15) is 24.9 Å². The van der Waals surface area contributed by atoms with E-state index in [1.165, 1.54) is 0 Å². The normalized spacial score (nSPS) is 49.0. The second-order valence-electron chi connectivity index (χ2n) is 16.8. The third kappa shape index (κ3) is 9.10. The topological polar surface area (TPSA) is 153 Å². The lowest BCUT2D eigenvalue weighted by molar-refractivity contribution is -0.309. The number of hydrogen-bond donors (Lipinski definition) is 3. The van der Waals surface area contributed by atoms with Crippen LogP contribution in [0.2, 0.25) is 0 Å². The van der Waals surface area contributed by atoms with Crippen LogP contribution < -0.4 is 0 Å². The zero-order valence-corrected chi connectivity index (χ0v) is 32.5. The first-order valence-electron chi connectivity index (χ1n) is 18.9. The van der Waals surface area contributed by atoms with Crippen LogP contribution in [0.3, 0.4) is 0 Å². The Bertz CT molecular complexity index is 1140. The summed E-state index contributed by atoms with van der Waals surface area (Å²) < 4.78 is 38.0. The van der Waals surface area contributed by atoms with E-state index in [1.807, 2.05) is 60.5 Å².